The Hall–Kier alpha value is -1.28. The fourth-order valence-corrected chi connectivity index (χ4v) is 2.89. The number of rotatable bonds is 2. The molecule has 1 aromatic carbocycles. The van der Waals surface area contributed by atoms with E-state index in [1.165, 1.54) is 32.1 Å². The maximum absolute atomic E-state index is 6.02. The van der Waals surface area contributed by atoms with Gasteiger partial charge >= 0.3 is 0 Å². The fourth-order valence-electron chi connectivity index (χ4n) is 2.70. The molecule has 0 bridgehead atoms. The molecule has 0 atom stereocenters. The first-order chi connectivity index (χ1) is 8.83. The monoisotopic (exact) mass is 260 g/mol. The van der Waals surface area contributed by atoms with E-state index in [0.29, 0.717) is 6.04 Å². The van der Waals surface area contributed by atoms with E-state index in [1.807, 2.05) is 24.4 Å². The van der Waals surface area contributed by atoms with Gasteiger partial charge in [-0.2, -0.15) is 5.10 Å². The van der Waals surface area contributed by atoms with Gasteiger partial charge in [0.1, 0.15) is 0 Å². The van der Waals surface area contributed by atoms with Crippen LogP contribution in [0.15, 0.2) is 36.7 Å². The summed E-state index contributed by atoms with van der Waals surface area (Å²) in [5.41, 5.74) is 2.30. The lowest BCUT2D eigenvalue weighted by Gasteiger charge is -2.21. The van der Waals surface area contributed by atoms with Crippen molar-refractivity contribution in [1.82, 2.24) is 9.78 Å². The van der Waals surface area contributed by atoms with E-state index < -0.39 is 0 Å². The standard InChI is InChI=1S/C15H17ClN2/c16-14-6-4-5-12(9-14)13-10-17-18(11-13)15-7-2-1-3-8-15/h4-6,9-11,15H,1-3,7-8H2. The predicted molar refractivity (Wildman–Crippen MR) is 74.8 cm³/mol. The molecule has 18 heavy (non-hydrogen) atoms. The highest BCUT2D eigenvalue weighted by molar-refractivity contribution is 6.30. The lowest BCUT2D eigenvalue weighted by molar-refractivity contribution is 0.329. The van der Waals surface area contributed by atoms with Crippen LogP contribution in [-0.4, -0.2) is 9.78 Å². The molecule has 2 aromatic rings. The summed E-state index contributed by atoms with van der Waals surface area (Å²) in [6.07, 6.45) is 10.7. The molecule has 3 rings (SSSR count). The molecule has 0 saturated heterocycles. The van der Waals surface area contributed by atoms with Crippen LogP contribution in [0.1, 0.15) is 38.1 Å². The first kappa shape index (κ1) is 11.8. The molecule has 3 heteroatoms. The molecule has 2 nitrogen and oxygen atoms in total. The molecule has 1 aliphatic carbocycles. The maximum Gasteiger partial charge on any atom is 0.0568 e. The summed E-state index contributed by atoms with van der Waals surface area (Å²) in [4.78, 5) is 0. The summed E-state index contributed by atoms with van der Waals surface area (Å²) < 4.78 is 2.13. The van der Waals surface area contributed by atoms with Gasteiger partial charge in [-0.15, -0.1) is 0 Å². The molecule has 0 aliphatic heterocycles. The second-order valence-corrected chi connectivity index (χ2v) is 5.45. The average molecular weight is 261 g/mol. The summed E-state index contributed by atoms with van der Waals surface area (Å²) >= 11 is 6.02. The molecule has 94 valence electrons. The molecule has 1 fully saturated rings. The zero-order chi connectivity index (χ0) is 12.4. The number of nitrogens with zero attached hydrogens (tertiary/aromatic N) is 2. The zero-order valence-electron chi connectivity index (χ0n) is 10.3. The highest BCUT2D eigenvalue weighted by Gasteiger charge is 2.16. The van der Waals surface area contributed by atoms with E-state index in [0.717, 1.165) is 16.1 Å². The van der Waals surface area contributed by atoms with Gasteiger partial charge in [-0.3, -0.25) is 4.68 Å². The summed E-state index contributed by atoms with van der Waals surface area (Å²) in [7, 11) is 0. The van der Waals surface area contributed by atoms with Crippen molar-refractivity contribution in [3.8, 4) is 11.1 Å². The predicted octanol–water partition coefficient (Wildman–Crippen LogP) is 4.71. The molecule has 1 aliphatic rings. The van der Waals surface area contributed by atoms with E-state index in [1.54, 1.807) is 0 Å². The molecular weight excluding hydrogens is 244 g/mol. The average Bonchev–Trinajstić information content (AvgIpc) is 2.89. The molecule has 1 saturated carbocycles. The van der Waals surface area contributed by atoms with Crippen LogP contribution in [-0.2, 0) is 0 Å². The third kappa shape index (κ3) is 2.44. The minimum Gasteiger partial charge on any atom is -0.269 e. The van der Waals surface area contributed by atoms with Crippen molar-refractivity contribution < 1.29 is 0 Å². The van der Waals surface area contributed by atoms with E-state index >= 15 is 0 Å². The lowest BCUT2D eigenvalue weighted by Crippen LogP contribution is -2.12. The van der Waals surface area contributed by atoms with Crippen LogP contribution in [0.2, 0.25) is 5.02 Å². The summed E-state index contributed by atoms with van der Waals surface area (Å²) in [5, 5.41) is 5.30. The van der Waals surface area contributed by atoms with Gasteiger partial charge in [0.25, 0.3) is 0 Å². The molecule has 0 N–H and O–H groups in total. The largest absolute Gasteiger partial charge is 0.269 e. The van der Waals surface area contributed by atoms with Crippen molar-refractivity contribution in [1.29, 1.82) is 0 Å². The number of halogens is 1. The van der Waals surface area contributed by atoms with Gasteiger partial charge in [-0.1, -0.05) is 43.0 Å². The summed E-state index contributed by atoms with van der Waals surface area (Å²) in [5.74, 6) is 0. The van der Waals surface area contributed by atoms with E-state index in [4.69, 9.17) is 11.6 Å². The van der Waals surface area contributed by atoms with Crippen LogP contribution in [0.5, 0.6) is 0 Å². The number of hydrogen-bond donors (Lipinski definition) is 0. The van der Waals surface area contributed by atoms with E-state index in [2.05, 4.69) is 22.0 Å². The Morgan fingerprint density at radius 1 is 1.11 bits per heavy atom. The Morgan fingerprint density at radius 2 is 1.94 bits per heavy atom. The molecular formula is C15H17ClN2. The molecule has 0 amide bonds. The Labute approximate surface area is 113 Å². The summed E-state index contributed by atoms with van der Waals surface area (Å²) in [6, 6.07) is 8.54. The second-order valence-electron chi connectivity index (χ2n) is 5.01. The molecule has 0 spiro atoms. The minimum absolute atomic E-state index is 0.590. The third-order valence-corrected chi connectivity index (χ3v) is 3.94. The van der Waals surface area contributed by atoms with Crippen molar-refractivity contribution in [2.45, 2.75) is 38.1 Å². The van der Waals surface area contributed by atoms with Gasteiger partial charge < -0.3 is 0 Å². The number of benzene rings is 1. The molecule has 0 unspecified atom stereocenters. The normalized spacial score (nSPS) is 16.9. The van der Waals surface area contributed by atoms with Gasteiger partial charge in [0, 0.05) is 16.8 Å². The smallest absolute Gasteiger partial charge is 0.0568 e. The van der Waals surface area contributed by atoms with Gasteiger partial charge in [0.05, 0.1) is 12.2 Å². The van der Waals surface area contributed by atoms with Gasteiger partial charge in [-0.05, 0) is 30.5 Å². The molecule has 1 aromatic heterocycles. The van der Waals surface area contributed by atoms with Crippen LogP contribution >= 0.6 is 11.6 Å². The SMILES string of the molecule is Clc1cccc(-c2cnn(C3CCCCC3)c2)c1. The second kappa shape index (κ2) is 5.15. The lowest BCUT2D eigenvalue weighted by atomic mass is 9.96. The van der Waals surface area contributed by atoms with E-state index in [-0.39, 0.29) is 0 Å². The van der Waals surface area contributed by atoms with Crippen LogP contribution in [0.3, 0.4) is 0 Å². The molecule has 1 heterocycles. The maximum atomic E-state index is 6.02. The number of aromatic nitrogens is 2. The van der Waals surface area contributed by atoms with E-state index in [9.17, 15) is 0 Å². The minimum atomic E-state index is 0.590. The first-order valence-electron chi connectivity index (χ1n) is 6.63. The van der Waals surface area contributed by atoms with Crippen molar-refractivity contribution in [3.63, 3.8) is 0 Å². The Balaban J connectivity index is 1.84. The first-order valence-corrected chi connectivity index (χ1v) is 7.01. The van der Waals surface area contributed by atoms with Gasteiger partial charge in [0.15, 0.2) is 0 Å². The van der Waals surface area contributed by atoms with Crippen LogP contribution in [0, 0.1) is 0 Å². The topological polar surface area (TPSA) is 17.8 Å². The third-order valence-electron chi connectivity index (χ3n) is 3.71. The van der Waals surface area contributed by atoms with Gasteiger partial charge in [0.2, 0.25) is 0 Å². The van der Waals surface area contributed by atoms with Crippen molar-refractivity contribution in [2.75, 3.05) is 0 Å². The molecule has 0 radical (unpaired) electrons. The fraction of sp³-hybridized carbons (Fsp3) is 0.400. The Morgan fingerprint density at radius 3 is 2.72 bits per heavy atom. The number of hydrogen-bond acceptors (Lipinski definition) is 1. The Kier molecular flexibility index (Phi) is 3.37. The van der Waals surface area contributed by atoms with Crippen molar-refractivity contribution in [3.05, 3.63) is 41.7 Å². The zero-order valence-corrected chi connectivity index (χ0v) is 11.1. The summed E-state index contributed by atoms with van der Waals surface area (Å²) in [6.45, 7) is 0. The van der Waals surface area contributed by atoms with Crippen molar-refractivity contribution in [2.24, 2.45) is 0 Å². The Bertz CT molecular complexity index is 527. The quantitative estimate of drug-likeness (QED) is 0.765. The van der Waals surface area contributed by atoms with Crippen molar-refractivity contribution >= 4 is 11.6 Å². The van der Waals surface area contributed by atoms with Crippen LogP contribution in [0.4, 0.5) is 0 Å². The van der Waals surface area contributed by atoms with Crippen LogP contribution in [0.25, 0.3) is 11.1 Å². The highest BCUT2D eigenvalue weighted by atomic mass is 35.5. The van der Waals surface area contributed by atoms with Crippen LogP contribution < -0.4 is 0 Å². The van der Waals surface area contributed by atoms with Gasteiger partial charge in [-0.25, -0.2) is 0 Å². The highest BCUT2D eigenvalue weighted by Crippen LogP contribution is 2.29.